The number of benzene rings is 1. The van der Waals surface area contributed by atoms with Gasteiger partial charge in [-0.25, -0.2) is 9.97 Å². The lowest BCUT2D eigenvalue weighted by molar-refractivity contribution is 0.969. The van der Waals surface area contributed by atoms with E-state index < -0.39 is 0 Å². The lowest BCUT2D eigenvalue weighted by Crippen LogP contribution is -2.02. The van der Waals surface area contributed by atoms with Crippen molar-refractivity contribution in [2.24, 2.45) is 5.73 Å². The molecule has 6 heteroatoms. The first-order chi connectivity index (χ1) is 8.86. The molecular weight excluding hydrogens is 295 g/mol. The first-order valence-corrected chi connectivity index (χ1v) is 5.95. The van der Waals surface area contributed by atoms with Crippen LogP contribution in [0.5, 0.6) is 0 Å². The molecule has 0 saturated heterocycles. The molecule has 0 radical (unpaired) electrons. The summed E-state index contributed by atoms with van der Waals surface area (Å²) in [7, 11) is 0. The van der Waals surface area contributed by atoms with E-state index in [2.05, 4.69) is 34.2 Å². The second-order valence-electron chi connectivity index (χ2n) is 4.21. The minimum absolute atomic E-state index is 0. The molecule has 106 valence electrons. The molecule has 0 amide bonds. The minimum Gasteiger partial charge on any atom is -0.330 e. The van der Waals surface area contributed by atoms with Gasteiger partial charge in [0.25, 0.3) is 0 Å². The Balaban J connectivity index is 0.000001000. The monoisotopic (exact) mass is 310 g/mol. The summed E-state index contributed by atoms with van der Waals surface area (Å²) >= 11 is 0. The third-order valence-corrected chi connectivity index (χ3v) is 2.97. The van der Waals surface area contributed by atoms with Gasteiger partial charge in [0.05, 0.1) is 0 Å². The van der Waals surface area contributed by atoms with E-state index in [1.54, 1.807) is 6.20 Å². The summed E-state index contributed by atoms with van der Waals surface area (Å²) in [6.45, 7) is 0.682. The predicted molar refractivity (Wildman–Crippen MR) is 85.7 cm³/mol. The molecule has 2 heterocycles. The molecule has 0 unspecified atom stereocenters. The quantitative estimate of drug-likeness (QED) is 0.809. The number of nitrogens with zero attached hydrogens (tertiary/aromatic N) is 3. The summed E-state index contributed by atoms with van der Waals surface area (Å²) in [5.41, 5.74) is 9.04. The van der Waals surface area contributed by atoms with Gasteiger partial charge in [-0.3, -0.25) is 4.40 Å². The molecular formula is C14H16Cl2N4. The zero-order chi connectivity index (χ0) is 12.4. The third-order valence-electron chi connectivity index (χ3n) is 2.97. The SMILES string of the molecule is Cl.Cl.NCCc1ccc(-c2cnc3nccn3c2)cc1. The highest BCUT2D eigenvalue weighted by molar-refractivity contribution is 5.85. The number of nitrogens with two attached hydrogens (primary N) is 1. The van der Waals surface area contributed by atoms with Gasteiger partial charge in [-0.1, -0.05) is 24.3 Å². The molecule has 0 spiro atoms. The van der Waals surface area contributed by atoms with Gasteiger partial charge in [0, 0.05) is 30.4 Å². The van der Waals surface area contributed by atoms with Crippen LogP contribution in [0.1, 0.15) is 5.56 Å². The topological polar surface area (TPSA) is 56.2 Å². The van der Waals surface area contributed by atoms with Crippen LogP contribution in [0.25, 0.3) is 16.9 Å². The Hall–Kier alpha value is -1.62. The molecule has 0 aliphatic rings. The zero-order valence-corrected chi connectivity index (χ0v) is 12.4. The number of halogens is 2. The maximum Gasteiger partial charge on any atom is 0.233 e. The van der Waals surface area contributed by atoms with Gasteiger partial charge in [-0.15, -0.1) is 24.8 Å². The van der Waals surface area contributed by atoms with E-state index in [-0.39, 0.29) is 24.8 Å². The van der Waals surface area contributed by atoms with Crippen molar-refractivity contribution >= 4 is 30.6 Å². The van der Waals surface area contributed by atoms with Crippen LogP contribution in [0.2, 0.25) is 0 Å². The fourth-order valence-corrected chi connectivity index (χ4v) is 2.00. The maximum absolute atomic E-state index is 5.54. The normalized spacial score (nSPS) is 9.85. The molecule has 4 nitrogen and oxygen atoms in total. The van der Waals surface area contributed by atoms with Gasteiger partial charge in [0.1, 0.15) is 0 Å². The molecule has 3 rings (SSSR count). The Morgan fingerprint density at radius 3 is 2.45 bits per heavy atom. The predicted octanol–water partition coefficient (Wildman–Crippen LogP) is 2.74. The van der Waals surface area contributed by atoms with E-state index in [1.807, 2.05) is 23.0 Å². The minimum atomic E-state index is 0. The Morgan fingerprint density at radius 2 is 1.75 bits per heavy atom. The van der Waals surface area contributed by atoms with Crippen molar-refractivity contribution in [3.63, 3.8) is 0 Å². The molecule has 0 fully saturated rings. The summed E-state index contributed by atoms with van der Waals surface area (Å²) in [5, 5.41) is 0. The summed E-state index contributed by atoms with van der Waals surface area (Å²) in [5.74, 6) is 0.721. The summed E-state index contributed by atoms with van der Waals surface area (Å²) in [6, 6.07) is 8.43. The fourth-order valence-electron chi connectivity index (χ4n) is 2.00. The lowest BCUT2D eigenvalue weighted by Gasteiger charge is -2.04. The van der Waals surface area contributed by atoms with E-state index in [0.717, 1.165) is 23.3 Å². The number of fused-ring (bicyclic) bond motifs is 1. The van der Waals surface area contributed by atoms with Crippen molar-refractivity contribution in [1.29, 1.82) is 0 Å². The van der Waals surface area contributed by atoms with E-state index in [0.29, 0.717) is 6.54 Å². The van der Waals surface area contributed by atoms with Crippen LogP contribution < -0.4 is 5.73 Å². The van der Waals surface area contributed by atoms with E-state index >= 15 is 0 Å². The van der Waals surface area contributed by atoms with Crippen LogP contribution in [0.3, 0.4) is 0 Å². The molecule has 0 bridgehead atoms. The van der Waals surface area contributed by atoms with Crippen molar-refractivity contribution in [2.45, 2.75) is 6.42 Å². The zero-order valence-electron chi connectivity index (χ0n) is 10.8. The second kappa shape index (κ2) is 7.24. The van der Waals surface area contributed by atoms with E-state index in [9.17, 15) is 0 Å². The lowest BCUT2D eigenvalue weighted by atomic mass is 10.1. The first-order valence-electron chi connectivity index (χ1n) is 5.95. The summed E-state index contributed by atoms with van der Waals surface area (Å²) in [6.07, 6.45) is 8.44. The molecule has 0 atom stereocenters. The van der Waals surface area contributed by atoms with Gasteiger partial charge in [0.2, 0.25) is 5.78 Å². The number of imidazole rings is 1. The van der Waals surface area contributed by atoms with Gasteiger partial charge >= 0.3 is 0 Å². The highest BCUT2D eigenvalue weighted by Crippen LogP contribution is 2.19. The smallest absolute Gasteiger partial charge is 0.233 e. The summed E-state index contributed by atoms with van der Waals surface area (Å²) in [4.78, 5) is 8.44. The molecule has 0 aliphatic heterocycles. The Kier molecular flexibility index (Phi) is 5.95. The second-order valence-corrected chi connectivity index (χ2v) is 4.21. The van der Waals surface area contributed by atoms with E-state index in [1.165, 1.54) is 5.56 Å². The van der Waals surface area contributed by atoms with Gasteiger partial charge < -0.3 is 5.73 Å². The highest BCUT2D eigenvalue weighted by atomic mass is 35.5. The van der Waals surface area contributed by atoms with Crippen LogP contribution >= 0.6 is 24.8 Å². The number of hydrogen-bond donors (Lipinski definition) is 1. The molecule has 0 aliphatic carbocycles. The Bertz CT molecular complexity index is 664. The number of aromatic nitrogens is 3. The standard InChI is InChI=1S/C14H14N4.2ClH/c15-6-5-11-1-3-12(4-2-11)13-9-17-14-16-7-8-18(14)10-13;;/h1-4,7-10H,5-6,15H2;2*1H. The third kappa shape index (κ3) is 3.28. The average molecular weight is 311 g/mol. The molecule has 1 aromatic carbocycles. The van der Waals surface area contributed by atoms with Gasteiger partial charge in [-0.2, -0.15) is 0 Å². The van der Waals surface area contributed by atoms with Crippen molar-refractivity contribution < 1.29 is 0 Å². The number of hydrogen-bond acceptors (Lipinski definition) is 3. The van der Waals surface area contributed by atoms with Crippen molar-refractivity contribution in [1.82, 2.24) is 14.4 Å². The van der Waals surface area contributed by atoms with Crippen LogP contribution in [0.4, 0.5) is 0 Å². The van der Waals surface area contributed by atoms with Crippen molar-refractivity contribution in [3.8, 4) is 11.1 Å². The highest BCUT2D eigenvalue weighted by Gasteiger charge is 2.01. The molecule has 20 heavy (non-hydrogen) atoms. The van der Waals surface area contributed by atoms with E-state index in [4.69, 9.17) is 5.73 Å². The van der Waals surface area contributed by atoms with Crippen LogP contribution in [-0.2, 0) is 6.42 Å². The van der Waals surface area contributed by atoms with Crippen molar-refractivity contribution in [3.05, 3.63) is 54.6 Å². The van der Waals surface area contributed by atoms with Gasteiger partial charge in [-0.05, 0) is 24.1 Å². The fraction of sp³-hybridized carbons (Fsp3) is 0.143. The Labute approximate surface area is 129 Å². The maximum atomic E-state index is 5.54. The van der Waals surface area contributed by atoms with Gasteiger partial charge in [0.15, 0.2) is 0 Å². The first kappa shape index (κ1) is 16.4. The molecule has 2 N–H and O–H groups in total. The molecule has 0 saturated carbocycles. The van der Waals surface area contributed by atoms with Crippen LogP contribution in [0.15, 0.2) is 49.1 Å². The molecule has 3 aromatic rings. The average Bonchev–Trinajstić information content (AvgIpc) is 2.87. The van der Waals surface area contributed by atoms with Crippen LogP contribution in [-0.4, -0.2) is 20.9 Å². The van der Waals surface area contributed by atoms with Crippen molar-refractivity contribution in [2.75, 3.05) is 6.54 Å². The Morgan fingerprint density at radius 1 is 1.00 bits per heavy atom. The summed E-state index contributed by atoms with van der Waals surface area (Å²) < 4.78 is 1.92. The number of rotatable bonds is 3. The van der Waals surface area contributed by atoms with Crippen LogP contribution in [0, 0.1) is 0 Å². The molecule has 2 aromatic heterocycles. The largest absolute Gasteiger partial charge is 0.330 e.